The number of halogens is 4. The minimum Gasteiger partial charge on any atom is -0.298 e. The van der Waals surface area contributed by atoms with E-state index in [1.165, 1.54) is 0 Å². The number of hydrogen-bond acceptors (Lipinski definition) is 1. The van der Waals surface area contributed by atoms with E-state index in [2.05, 4.69) is 15.9 Å². The second-order valence-electron chi connectivity index (χ2n) is 2.00. The van der Waals surface area contributed by atoms with Crippen molar-refractivity contribution in [2.75, 3.05) is 0 Å². The Morgan fingerprint density at radius 3 is 2.50 bits per heavy atom. The van der Waals surface area contributed by atoms with Gasteiger partial charge in [0.25, 0.3) is 0 Å². The maximum Gasteiger partial charge on any atom is 0.153 e. The monoisotopic (exact) mass is 270 g/mol. The average molecular weight is 272 g/mol. The fourth-order valence-electron chi connectivity index (χ4n) is 0.695. The Bertz CT molecular complexity index is 314. The topological polar surface area (TPSA) is 17.1 Å². The summed E-state index contributed by atoms with van der Waals surface area (Å²) in [6.07, 6.45) is 0.415. The van der Waals surface area contributed by atoms with Crippen molar-refractivity contribution in [3.05, 3.63) is 32.0 Å². The predicted molar refractivity (Wildman–Crippen MR) is 49.5 cm³/mol. The largest absolute Gasteiger partial charge is 0.298 e. The molecule has 0 saturated carbocycles. The van der Waals surface area contributed by atoms with E-state index in [1.54, 1.807) is 0 Å². The van der Waals surface area contributed by atoms with E-state index in [4.69, 9.17) is 23.2 Å². The second-order valence-corrected chi connectivity index (χ2v) is 3.61. The van der Waals surface area contributed by atoms with Crippen molar-refractivity contribution in [3.8, 4) is 0 Å². The van der Waals surface area contributed by atoms with Gasteiger partial charge in [-0.15, -0.1) is 0 Å². The Balaban J connectivity index is 3.52. The standard InChI is InChI=1S/C7H2BrCl2FO/c8-4-1-5(11)7(10)3(2-12)6(4)9/h1-2H. The highest BCUT2D eigenvalue weighted by Gasteiger charge is 2.13. The summed E-state index contributed by atoms with van der Waals surface area (Å²) in [6, 6.07) is 1.11. The van der Waals surface area contributed by atoms with Crippen molar-refractivity contribution >= 4 is 45.4 Å². The highest BCUT2D eigenvalue weighted by molar-refractivity contribution is 9.10. The van der Waals surface area contributed by atoms with Gasteiger partial charge in [0, 0.05) is 4.47 Å². The Hall–Kier alpha value is -0.120. The van der Waals surface area contributed by atoms with Crippen LogP contribution in [0.2, 0.25) is 10.0 Å². The van der Waals surface area contributed by atoms with Crippen LogP contribution >= 0.6 is 39.1 Å². The molecule has 0 heterocycles. The van der Waals surface area contributed by atoms with Crippen molar-refractivity contribution in [2.45, 2.75) is 0 Å². The van der Waals surface area contributed by atoms with Crippen LogP contribution in [0.25, 0.3) is 0 Å². The van der Waals surface area contributed by atoms with Gasteiger partial charge in [0.15, 0.2) is 6.29 Å². The SMILES string of the molecule is O=Cc1c(Cl)c(F)cc(Br)c1Cl. The summed E-state index contributed by atoms with van der Waals surface area (Å²) in [5, 5.41) is -0.130. The number of benzene rings is 1. The summed E-state index contributed by atoms with van der Waals surface area (Å²) < 4.78 is 13.1. The molecule has 0 amide bonds. The van der Waals surface area contributed by atoms with Crippen molar-refractivity contribution in [3.63, 3.8) is 0 Å². The molecular formula is C7H2BrCl2FO. The van der Waals surface area contributed by atoms with Crippen LogP contribution in [0.5, 0.6) is 0 Å². The van der Waals surface area contributed by atoms with Crippen LogP contribution in [0.1, 0.15) is 10.4 Å². The molecule has 0 aliphatic carbocycles. The number of rotatable bonds is 1. The van der Waals surface area contributed by atoms with Gasteiger partial charge in [0.2, 0.25) is 0 Å². The summed E-state index contributed by atoms with van der Waals surface area (Å²) >= 11 is 14.1. The van der Waals surface area contributed by atoms with E-state index < -0.39 is 5.82 Å². The van der Waals surface area contributed by atoms with Crippen LogP contribution < -0.4 is 0 Å². The maximum absolute atomic E-state index is 12.8. The number of hydrogen-bond donors (Lipinski definition) is 0. The first-order valence-corrected chi connectivity index (χ1v) is 4.41. The fraction of sp³-hybridized carbons (Fsp3) is 0. The molecule has 0 radical (unpaired) electrons. The first-order valence-electron chi connectivity index (χ1n) is 2.86. The predicted octanol–water partition coefficient (Wildman–Crippen LogP) is 3.71. The Morgan fingerprint density at radius 1 is 1.42 bits per heavy atom. The average Bonchev–Trinajstić information content (AvgIpc) is 2.02. The lowest BCUT2D eigenvalue weighted by atomic mass is 10.2. The van der Waals surface area contributed by atoms with Gasteiger partial charge >= 0.3 is 0 Å². The lowest BCUT2D eigenvalue weighted by Crippen LogP contribution is -1.89. The molecule has 0 saturated heterocycles. The fourth-order valence-corrected chi connectivity index (χ4v) is 1.55. The molecule has 1 nitrogen and oxygen atoms in total. The molecule has 1 aromatic carbocycles. The van der Waals surface area contributed by atoms with E-state index in [9.17, 15) is 9.18 Å². The van der Waals surface area contributed by atoms with Gasteiger partial charge in [-0.05, 0) is 22.0 Å². The normalized spacial score (nSPS) is 10.0. The number of carbonyl (C=O) groups is 1. The van der Waals surface area contributed by atoms with Gasteiger partial charge in [-0.25, -0.2) is 4.39 Å². The van der Waals surface area contributed by atoms with Crippen molar-refractivity contribution in [1.82, 2.24) is 0 Å². The van der Waals surface area contributed by atoms with E-state index in [-0.39, 0.29) is 15.6 Å². The first kappa shape index (κ1) is 9.96. The van der Waals surface area contributed by atoms with E-state index >= 15 is 0 Å². The number of aldehydes is 1. The highest BCUT2D eigenvalue weighted by Crippen LogP contribution is 2.32. The molecule has 0 aromatic heterocycles. The molecule has 1 aromatic rings. The Morgan fingerprint density at radius 2 is 2.00 bits per heavy atom. The van der Waals surface area contributed by atoms with Crippen molar-refractivity contribution in [2.24, 2.45) is 0 Å². The van der Waals surface area contributed by atoms with Crippen LogP contribution in [0.3, 0.4) is 0 Å². The summed E-state index contributed by atoms with van der Waals surface area (Å²) in [7, 11) is 0. The molecule has 1 rings (SSSR count). The summed E-state index contributed by atoms with van der Waals surface area (Å²) in [5.41, 5.74) is -0.0368. The van der Waals surface area contributed by atoms with Crippen LogP contribution in [-0.4, -0.2) is 6.29 Å². The smallest absolute Gasteiger partial charge is 0.153 e. The molecule has 0 unspecified atom stereocenters. The molecule has 12 heavy (non-hydrogen) atoms. The quantitative estimate of drug-likeness (QED) is 0.562. The maximum atomic E-state index is 12.8. The van der Waals surface area contributed by atoms with Crippen LogP contribution in [0.4, 0.5) is 4.39 Å². The van der Waals surface area contributed by atoms with Crippen LogP contribution in [0.15, 0.2) is 10.5 Å². The minimum atomic E-state index is -0.671. The van der Waals surface area contributed by atoms with Gasteiger partial charge in [0.1, 0.15) is 5.82 Å². The zero-order valence-corrected chi connectivity index (χ0v) is 8.67. The zero-order chi connectivity index (χ0) is 9.30. The van der Waals surface area contributed by atoms with Crippen LogP contribution in [0, 0.1) is 5.82 Å². The van der Waals surface area contributed by atoms with Gasteiger partial charge in [-0.2, -0.15) is 0 Å². The lowest BCUT2D eigenvalue weighted by molar-refractivity contribution is 0.112. The van der Waals surface area contributed by atoms with Gasteiger partial charge in [-0.1, -0.05) is 23.2 Å². The third-order valence-electron chi connectivity index (χ3n) is 1.26. The Labute approximate surface area is 86.6 Å². The molecule has 0 atom stereocenters. The zero-order valence-electron chi connectivity index (χ0n) is 5.57. The Kier molecular flexibility index (Phi) is 3.09. The molecule has 0 aliphatic rings. The van der Waals surface area contributed by atoms with E-state index in [0.29, 0.717) is 10.8 Å². The summed E-state index contributed by atoms with van der Waals surface area (Å²) in [5.74, 6) is -0.671. The van der Waals surface area contributed by atoms with Gasteiger partial charge in [-0.3, -0.25) is 4.79 Å². The molecule has 0 N–H and O–H groups in total. The third kappa shape index (κ3) is 1.63. The summed E-state index contributed by atoms with van der Waals surface area (Å²) in [4.78, 5) is 10.4. The molecule has 5 heteroatoms. The van der Waals surface area contributed by atoms with Crippen molar-refractivity contribution in [1.29, 1.82) is 0 Å². The molecule has 64 valence electrons. The lowest BCUT2D eigenvalue weighted by Gasteiger charge is -2.02. The number of carbonyl (C=O) groups excluding carboxylic acids is 1. The van der Waals surface area contributed by atoms with Crippen molar-refractivity contribution < 1.29 is 9.18 Å². The molecule has 0 bridgehead atoms. The van der Waals surface area contributed by atoms with Gasteiger partial charge < -0.3 is 0 Å². The molecule has 0 fully saturated rings. The summed E-state index contributed by atoms with van der Waals surface area (Å²) in [6.45, 7) is 0. The van der Waals surface area contributed by atoms with Crippen LogP contribution in [-0.2, 0) is 0 Å². The first-order chi connectivity index (χ1) is 5.57. The minimum absolute atomic E-state index is 0.0368. The molecule has 0 aliphatic heterocycles. The highest BCUT2D eigenvalue weighted by atomic mass is 79.9. The van der Waals surface area contributed by atoms with E-state index in [0.717, 1.165) is 6.07 Å². The second kappa shape index (κ2) is 3.73. The van der Waals surface area contributed by atoms with E-state index in [1.807, 2.05) is 0 Å². The van der Waals surface area contributed by atoms with Gasteiger partial charge in [0.05, 0.1) is 15.6 Å². The third-order valence-corrected chi connectivity index (χ3v) is 2.91. The molecule has 0 spiro atoms. The molecular weight excluding hydrogens is 270 g/mol.